The molecule has 0 heterocycles. The lowest BCUT2D eigenvalue weighted by Crippen LogP contribution is -2.24. The predicted molar refractivity (Wildman–Crippen MR) is 101 cm³/mol. The fourth-order valence-electron chi connectivity index (χ4n) is 1.92. The summed E-state index contributed by atoms with van der Waals surface area (Å²) in [7, 11) is 1.60. The number of nitrogens with one attached hydrogen (secondary N) is 3. The lowest BCUT2D eigenvalue weighted by atomic mass is 10.2. The molecule has 124 valence electrons. The Hall–Kier alpha value is -2.93. The molecular formula is C17H18N4O2S. The summed E-state index contributed by atoms with van der Waals surface area (Å²) in [5.41, 5.74) is 5.11. The zero-order chi connectivity index (χ0) is 17.4. The normalized spacial score (nSPS) is 10.2. The van der Waals surface area contributed by atoms with Crippen LogP contribution in [0.25, 0.3) is 0 Å². The third kappa shape index (κ3) is 5.36. The van der Waals surface area contributed by atoms with Crippen molar-refractivity contribution in [3.63, 3.8) is 0 Å². The summed E-state index contributed by atoms with van der Waals surface area (Å²) in [6.45, 7) is 1.47. The number of anilines is 2. The molecule has 3 N–H and O–H groups in total. The molecule has 2 rings (SSSR count). The number of para-hydroxylation sites is 2. The van der Waals surface area contributed by atoms with Gasteiger partial charge in [-0.1, -0.05) is 24.3 Å². The fourth-order valence-corrected chi connectivity index (χ4v) is 2.08. The predicted octanol–water partition coefficient (Wildman–Crippen LogP) is 2.97. The van der Waals surface area contributed by atoms with Gasteiger partial charge >= 0.3 is 0 Å². The number of thiocarbonyl (C=S) groups is 1. The average molecular weight is 342 g/mol. The van der Waals surface area contributed by atoms with Crippen LogP contribution in [0.3, 0.4) is 0 Å². The van der Waals surface area contributed by atoms with Crippen molar-refractivity contribution in [2.24, 2.45) is 5.10 Å². The van der Waals surface area contributed by atoms with E-state index in [9.17, 15) is 4.79 Å². The van der Waals surface area contributed by atoms with Crippen LogP contribution in [0.2, 0.25) is 0 Å². The molecule has 7 heteroatoms. The summed E-state index contributed by atoms with van der Waals surface area (Å²) in [5, 5.41) is 10.1. The number of hydrogen-bond donors (Lipinski definition) is 3. The molecular weight excluding hydrogens is 324 g/mol. The molecule has 2 aromatic carbocycles. The Morgan fingerprint density at radius 2 is 1.83 bits per heavy atom. The van der Waals surface area contributed by atoms with Crippen molar-refractivity contribution in [1.82, 2.24) is 5.43 Å². The summed E-state index contributed by atoms with van der Waals surface area (Å²) < 4.78 is 5.24. The van der Waals surface area contributed by atoms with Gasteiger partial charge in [-0.15, -0.1) is 0 Å². The van der Waals surface area contributed by atoms with E-state index in [2.05, 4.69) is 21.2 Å². The molecule has 0 aliphatic heterocycles. The minimum Gasteiger partial charge on any atom is -0.495 e. The van der Waals surface area contributed by atoms with Gasteiger partial charge in [0.15, 0.2) is 5.11 Å². The number of rotatable bonds is 5. The van der Waals surface area contributed by atoms with Gasteiger partial charge in [-0.05, 0) is 42.0 Å². The van der Waals surface area contributed by atoms with E-state index in [-0.39, 0.29) is 5.91 Å². The number of carbonyl (C=O) groups is 1. The maximum Gasteiger partial charge on any atom is 0.221 e. The van der Waals surface area contributed by atoms with Crippen LogP contribution in [0.15, 0.2) is 53.6 Å². The molecule has 0 aromatic heterocycles. The van der Waals surface area contributed by atoms with E-state index in [1.54, 1.807) is 25.5 Å². The van der Waals surface area contributed by atoms with E-state index < -0.39 is 0 Å². The molecule has 1 amide bonds. The molecule has 0 bridgehead atoms. The number of carbonyl (C=O) groups excluding carboxylic acids is 1. The van der Waals surface area contributed by atoms with Gasteiger partial charge in [-0.2, -0.15) is 5.10 Å². The molecule has 2 aromatic rings. The highest BCUT2D eigenvalue weighted by Crippen LogP contribution is 2.22. The number of nitrogens with zero attached hydrogens (tertiary/aromatic N) is 1. The van der Waals surface area contributed by atoms with Crippen LogP contribution >= 0.6 is 12.2 Å². The first-order chi connectivity index (χ1) is 11.6. The molecule has 0 aliphatic carbocycles. The second-order valence-corrected chi connectivity index (χ2v) is 5.24. The fraction of sp³-hybridized carbons (Fsp3) is 0.118. The highest BCUT2D eigenvalue weighted by Gasteiger charge is 2.02. The maximum atomic E-state index is 11.0. The van der Waals surface area contributed by atoms with E-state index in [0.717, 1.165) is 16.9 Å². The van der Waals surface area contributed by atoms with Gasteiger partial charge in [0.1, 0.15) is 5.75 Å². The van der Waals surface area contributed by atoms with Crippen LogP contribution in [-0.4, -0.2) is 24.3 Å². The van der Waals surface area contributed by atoms with E-state index >= 15 is 0 Å². The van der Waals surface area contributed by atoms with E-state index in [1.807, 2.05) is 36.4 Å². The monoisotopic (exact) mass is 342 g/mol. The largest absolute Gasteiger partial charge is 0.495 e. The summed E-state index contributed by atoms with van der Waals surface area (Å²) in [6, 6.07) is 14.7. The molecule has 6 nitrogen and oxygen atoms in total. The number of methoxy groups -OCH3 is 1. The summed E-state index contributed by atoms with van der Waals surface area (Å²) in [6.07, 6.45) is 1.63. The third-order valence-corrected chi connectivity index (χ3v) is 3.16. The number of hydrazone groups is 1. The zero-order valence-corrected chi connectivity index (χ0v) is 14.2. The first kappa shape index (κ1) is 17.4. The average Bonchev–Trinajstić information content (AvgIpc) is 2.56. The van der Waals surface area contributed by atoms with Crippen molar-refractivity contribution >= 4 is 40.8 Å². The molecule has 0 unspecified atom stereocenters. The summed E-state index contributed by atoms with van der Waals surface area (Å²) in [5.74, 6) is 0.588. The molecule has 0 spiro atoms. The van der Waals surface area contributed by atoms with Crippen molar-refractivity contribution in [1.29, 1.82) is 0 Å². The van der Waals surface area contributed by atoms with Gasteiger partial charge in [-0.3, -0.25) is 10.2 Å². The van der Waals surface area contributed by atoms with Crippen molar-refractivity contribution in [2.45, 2.75) is 6.92 Å². The quantitative estimate of drug-likeness (QED) is 0.442. The van der Waals surface area contributed by atoms with Gasteiger partial charge in [0, 0.05) is 12.6 Å². The highest BCUT2D eigenvalue weighted by molar-refractivity contribution is 7.80. The molecule has 0 fully saturated rings. The van der Waals surface area contributed by atoms with E-state index in [0.29, 0.717) is 10.9 Å². The summed E-state index contributed by atoms with van der Waals surface area (Å²) >= 11 is 5.19. The zero-order valence-electron chi connectivity index (χ0n) is 13.4. The maximum absolute atomic E-state index is 11.0. The van der Waals surface area contributed by atoms with Gasteiger partial charge in [0.25, 0.3) is 0 Å². The van der Waals surface area contributed by atoms with Crippen molar-refractivity contribution in [3.8, 4) is 5.75 Å². The Labute approximate surface area is 145 Å². The SMILES string of the molecule is COc1ccccc1NC(=S)NN=Cc1ccc(NC(C)=O)cc1. The second kappa shape index (κ2) is 8.64. The van der Waals surface area contributed by atoms with Crippen LogP contribution in [-0.2, 0) is 4.79 Å². The molecule has 0 aliphatic rings. The number of hydrogen-bond acceptors (Lipinski definition) is 4. The molecule has 0 saturated carbocycles. The third-order valence-electron chi connectivity index (χ3n) is 2.97. The highest BCUT2D eigenvalue weighted by atomic mass is 32.1. The Kier molecular flexibility index (Phi) is 6.27. The van der Waals surface area contributed by atoms with Crippen LogP contribution in [0.1, 0.15) is 12.5 Å². The Bertz CT molecular complexity index is 745. The van der Waals surface area contributed by atoms with Crippen LogP contribution in [0, 0.1) is 0 Å². The number of ether oxygens (including phenoxy) is 1. The molecule has 0 radical (unpaired) electrons. The first-order valence-corrected chi connectivity index (χ1v) is 7.60. The first-order valence-electron chi connectivity index (χ1n) is 7.19. The number of benzene rings is 2. The molecule has 0 atom stereocenters. The van der Waals surface area contributed by atoms with Crippen LogP contribution < -0.4 is 20.8 Å². The lowest BCUT2D eigenvalue weighted by molar-refractivity contribution is -0.114. The Morgan fingerprint density at radius 1 is 1.12 bits per heavy atom. The minimum absolute atomic E-state index is 0.106. The second-order valence-electron chi connectivity index (χ2n) is 4.83. The lowest BCUT2D eigenvalue weighted by Gasteiger charge is -2.10. The Morgan fingerprint density at radius 3 is 2.50 bits per heavy atom. The smallest absolute Gasteiger partial charge is 0.221 e. The summed E-state index contributed by atoms with van der Waals surface area (Å²) in [4.78, 5) is 11.0. The van der Waals surface area contributed by atoms with Gasteiger partial charge < -0.3 is 15.4 Å². The van der Waals surface area contributed by atoms with E-state index in [4.69, 9.17) is 17.0 Å². The van der Waals surface area contributed by atoms with Gasteiger partial charge in [0.2, 0.25) is 5.91 Å². The molecule has 24 heavy (non-hydrogen) atoms. The Balaban J connectivity index is 1.89. The topological polar surface area (TPSA) is 74.8 Å². The van der Waals surface area contributed by atoms with Gasteiger partial charge in [0.05, 0.1) is 19.0 Å². The van der Waals surface area contributed by atoms with Gasteiger partial charge in [-0.25, -0.2) is 0 Å². The van der Waals surface area contributed by atoms with Crippen LogP contribution in [0.5, 0.6) is 5.75 Å². The number of amides is 1. The van der Waals surface area contributed by atoms with Crippen LogP contribution in [0.4, 0.5) is 11.4 Å². The standard InChI is InChI=1S/C17H18N4O2S/c1-12(22)19-14-9-7-13(8-10-14)11-18-21-17(24)20-15-5-3-4-6-16(15)23-2/h3-11H,1-2H3,(H,19,22)(H2,20,21,24). The van der Waals surface area contributed by atoms with E-state index in [1.165, 1.54) is 6.92 Å². The minimum atomic E-state index is -0.106. The van der Waals surface area contributed by atoms with Crippen molar-refractivity contribution < 1.29 is 9.53 Å². The van der Waals surface area contributed by atoms with Crippen molar-refractivity contribution in [3.05, 3.63) is 54.1 Å². The molecule has 0 saturated heterocycles. The van der Waals surface area contributed by atoms with Crippen molar-refractivity contribution in [2.75, 3.05) is 17.7 Å².